The lowest BCUT2D eigenvalue weighted by atomic mass is 10.2. The average Bonchev–Trinajstić information content (AvgIpc) is 2.15. The van der Waals surface area contributed by atoms with Crippen LogP contribution in [0.3, 0.4) is 0 Å². The number of nitrogens with zero attached hydrogens (tertiary/aromatic N) is 1. The number of hydrogen-bond acceptors (Lipinski definition) is 2. The number of halogens is 1. The van der Waals surface area contributed by atoms with Crippen LogP contribution in [0.15, 0.2) is 39.8 Å². The molecule has 0 bridgehead atoms. The zero-order valence-electron chi connectivity index (χ0n) is 6.90. The maximum atomic E-state index is 9.73. The molecule has 0 heterocycles. The first-order chi connectivity index (χ1) is 6.33. The molecule has 0 fully saturated rings. The number of benzene rings is 1. The third-order valence-electron chi connectivity index (χ3n) is 1.44. The molecular formula is C10H8BrNO. The van der Waals surface area contributed by atoms with Gasteiger partial charge in [-0.2, -0.15) is 0 Å². The second-order valence-corrected chi connectivity index (χ2v) is 3.30. The van der Waals surface area contributed by atoms with Crippen molar-refractivity contribution < 1.29 is 4.79 Å². The highest BCUT2D eigenvalue weighted by Crippen LogP contribution is 2.11. The molecule has 3 heteroatoms. The van der Waals surface area contributed by atoms with Gasteiger partial charge < -0.3 is 0 Å². The minimum atomic E-state index is 0.388. The summed E-state index contributed by atoms with van der Waals surface area (Å²) in [5.41, 5.74) is 1.09. The van der Waals surface area contributed by atoms with Crippen molar-refractivity contribution in [2.75, 3.05) is 6.54 Å². The van der Waals surface area contributed by atoms with Crippen LogP contribution in [-0.2, 0) is 4.79 Å². The van der Waals surface area contributed by atoms with E-state index in [0.29, 0.717) is 6.54 Å². The van der Waals surface area contributed by atoms with Crippen LogP contribution in [0, 0.1) is 0 Å². The number of hydrogen-bond donors (Lipinski definition) is 0. The summed E-state index contributed by atoms with van der Waals surface area (Å²) in [6.07, 6.45) is 5.20. The Morgan fingerprint density at radius 1 is 1.38 bits per heavy atom. The number of carbonyl (C=O) groups excluding carboxylic acids is 1. The van der Waals surface area contributed by atoms with Crippen molar-refractivity contribution in [2.45, 2.75) is 0 Å². The molecule has 0 atom stereocenters. The van der Waals surface area contributed by atoms with Gasteiger partial charge in [0.1, 0.15) is 0 Å². The second-order valence-electron chi connectivity index (χ2n) is 2.39. The maximum absolute atomic E-state index is 9.73. The van der Waals surface area contributed by atoms with Crippen molar-refractivity contribution in [2.24, 2.45) is 4.99 Å². The van der Waals surface area contributed by atoms with E-state index in [1.54, 1.807) is 0 Å². The Kier molecular flexibility index (Phi) is 4.16. The van der Waals surface area contributed by atoms with E-state index in [1.807, 2.05) is 36.4 Å². The molecule has 13 heavy (non-hydrogen) atoms. The van der Waals surface area contributed by atoms with Gasteiger partial charge in [-0.05, 0) is 17.7 Å². The Morgan fingerprint density at radius 2 is 2.08 bits per heavy atom. The van der Waals surface area contributed by atoms with Gasteiger partial charge >= 0.3 is 0 Å². The fraction of sp³-hybridized carbons (Fsp3) is 0.100. The SMILES string of the molecule is O=C=NC/C=C\c1ccc(Br)cc1. The van der Waals surface area contributed by atoms with E-state index in [9.17, 15) is 4.79 Å². The molecule has 0 aromatic heterocycles. The number of rotatable bonds is 3. The molecular weight excluding hydrogens is 230 g/mol. The number of aliphatic imine (C=N–C) groups is 1. The van der Waals surface area contributed by atoms with Gasteiger partial charge in [0.2, 0.25) is 6.08 Å². The molecule has 0 aliphatic rings. The van der Waals surface area contributed by atoms with E-state index in [4.69, 9.17) is 0 Å². The molecule has 1 aromatic carbocycles. The molecule has 0 saturated carbocycles. The quantitative estimate of drug-likeness (QED) is 0.588. The molecule has 0 saturated heterocycles. The van der Waals surface area contributed by atoms with Crippen LogP contribution in [0.25, 0.3) is 6.08 Å². The predicted octanol–water partition coefficient (Wildman–Crippen LogP) is 2.80. The van der Waals surface area contributed by atoms with E-state index < -0.39 is 0 Å². The molecule has 0 radical (unpaired) electrons. The summed E-state index contributed by atoms with van der Waals surface area (Å²) in [7, 11) is 0. The van der Waals surface area contributed by atoms with Crippen LogP contribution in [0.2, 0.25) is 0 Å². The Morgan fingerprint density at radius 3 is 2.69 bits per heavy atom. The summed E-state index contributed by atoms with van der Waals surface area (Å²) < 4.78 is 1.05. The van der Waals surface area contributed by atoms with Crippen LogP contribution in [0.1, 0.15) is 5.56 Å². The van der Waals surface area contributed by atoms with Crippen LogP contribution in [-0.4, -0.2) is 12.6 Å². The zero-order valence-corrected chi connectivity index (χ0v) is 8.49. The summed E-state index contributed by atoms with van der Waals surface area (Å²) in [5.74, 6) is 0. The van der Waals surface area contributed by atoms with E-state index in [1.165, 1.54) is 6.08 Å². The van der Waals surface area contributed by atoms with Crippen molar-refractivity contribution in [1.82, 2.24) is 0 Å². The van der Waals surface area contributed by atoms with Gasteiger partial charge in [0.15, 0.2) is 0 Å². The molecule has 0 spiro atoms. The fourth-order valence-electron chi connectivity index (χ4n) is 0.853. The highest BCUT2D eigenvalue weighted by molar-refractivity contribution is 9.10. The smallest absolute Gasteiger partial charge is 0.211 e. The summed E-state index contributed by atoms with van der Waals surface area (Å²) >= 11 is 3.34. The van der Waals surface area contributed by atoms with Crippen molar-refractivity contribution in [3.8, 4) is 0 Å². The van der Waals surface area contributed by atoms with Crippen molar-refractivity contribution in [3.63, 3.8) is 0 Å². The van der Waals surface area contributed by atoms with Crippen LogP contribution in [0.4, 0.5) is 0 Å². The van der Waals surface area contributed by atoms with Gasteiger partial charge in [-0.3, -0.25) is 0 Å². The molecule has 2 nitrogen and oxygen atoms in total. The monoisotopic (exact) mass is 237 g/mol. The number of isocyanates is 1. The van der Waals surface area contributed by atoms with E-state index >= 15 is 0 Å². The first kappa shape index (κ1) is 9.90. The summed E-state index contributed by atoms with van der Waals surface area (Å²) in [6, 6.07) is 7.88. The highest BCUT2D eigenvalue weighted by atomic mass is 79.9. The Balaban J connectivity index is 2.58. The third kappa shape index (κ3) is 3.83. The Hall–Kier alpha value is -1.18. The molecule has 66 valence electrons. The molecule has 0 amide bonds. The molecule has 1 aromatic rings. The summed E-state index contributed by atoms with van der Waals surface area (Å²) in [4.78, 5) is 13.1. The normalized spacial score (nSPS) is 9.92. The average molecular weight is 238 g/mol. The van der Waals surface area contributed by atoms with Gasteiger partial charge in [0, 0.05) is 4.47 Å². The van der Waals surface area contributed by atoms with Gasteiger partial charge in [0.25, 0.3) is 0 Å². The lowest BCUT2D eigenvalue weighted by molar-refractivity contribution is 0.564. The molecule has 1 rings (SSSR count). The molecule has 0 N–H and O–H groups in total. The van der Waals surface area contributed by atoms with E-state index in [0.717, 1.165) is 10.0 Å². The summed E-state index contributed by atoms with van der Waals surface area (Å²) in [6.45, 7) is 0.388. The van der Waals surface area contributed by atoms with Crippen molar-refractivity contribution >= 4 is 28.1 Å². The molecule has 0 aliphatic carbocycles. The lowest BCUT2D eigenvalue weighted by Gasteiger charge is -1.92. The van der Waals surface area contributed by atoms with Gasteiger partial charge in [-0.25, -0.2) is 9.79 Å². The zero-order chi connectivity index (χ0) is 9.52. The van der Waals surface area contributed by atoms with E-state index in [-0.39, 0.29) is 0 Å². The predicted molar refractivity (Wildman–Crippen MR) is 56.2 cm³/mol. The van der Waals surface area contributed by atoms with Gasteiger partial charge in [0.05, 0.1) is 6.54 Å². The first-order valence-electron chi connectivity index (χ1n) is 3.78. The van der Waals surface area contributed by atoms with Crippen LogP contribution in [0.5, 0.6) is 0 Å². The Labute approximate surface area is 85.1 Å². The first-order valence-corrected chi connectivity index (χ1v) is 4.58. The van der Waals surface area contributed by atoms with Crippen LogP contribution >= 0.6 is 15.9 Å². The van der Waals surface area contributed by atoms with Crippen LogP contribution < -0.4 is 0 Å². The molecule has 0 unspecified atom stereocenters. The van der Waals surface area contributed by atoms with Gasteiger partial charge in [-0.15, -0.1) is 0 Å². The third-order valence-corrected chi connectivity index (χ3v) is 1.97. The maximum Gasteiger partial charge on any atom is 0.235 e. The van der Waals surface area contributed by atoms with E-state index in [2.05, 4.69) is 20.9 Å². The minimum Gasteiger partial charge on any atom is -0.211 e. The van der Waals surface area contributed by atoms with Gasteiger partial charge in [-0.1, -0.05) is 40.2 Å². The standard InChI is InChI=1S/C10H8BrNO/c11-10-5-3-9(4-6-10)2-1-7-12-8-13/h1-6H,7H2/b2-1-. The minimum absolute atomic E-state index is 0.388. The fourth-order valence-corrected chi connectivity index (χ4v) is 1.12. The largest absolute Gasteiger partial charge is 0.235 e. The highest BCUT2D eigenvalue weighted by Gasteiger charge is 1.85. The second kappa shape index (κ2) is 5.46. The lowest BCUT2D eigenvalue weighted by Crippen LogP contribution is -1.73. The summed E-state index contributed by atoms with van der Waals surface area (Å²) in [5, 5.41) is 0. The molecule has 0 aliphatic heterocycles. The Bertz CT molecular complexity index is 336. The van der Waals surface area contributed by atoms with Crippen molar-refractivity contribution in [1.29, 1.82) is 0 Å². The topological polar surface area (TPSA) is 29.4 Å². The van der Waals surface area contributed by atoms with Crippen molar-refractivity contribution in [3.05, 3.63) is 40.4 Å².